The van der Waals surface area contributed by atoms with Gasteiger partial charge < -0.3 is 15.0 Å². The maximum Gasteiger partial charge on any atom is 0.240 e. The van der Waals surface area contributed by atoms with Crippen molar-refractivity contribution in [3.05, 3.63) is 59.7 Å². The monoisotopic (exact) mass is 461 g/mol. The SMILES string of the molecule is COc1ccc(N2Cc3cnc(NCC(C)C)nc3C3(CCN(Cc4ccn[nH]4)C3)C2=O)cc1. The van der Waals surface area contributed by atoms with Gasteiger partial charge in [-0.05, 0) is 42.7 Å². The highest BCUT2D eigenvalue weighted by molar-refractivity contribution is 6.03. The summed E-state index contributed by atoms with van der Waals surface area (Å²) in [5, 5.41) is 10.4. The molecule has 1 saturated heterocycles. The molecule has 1 amide bonds. The number of anilines is 2. The number of methoxy groups -OCH3 is 1. The summed E-state index contributed by atoms with van der Waals surface area (Å²) in [6.45, 7) is 7.65. The van der Waals surface area contributed by atoms with E-state index in [9.17, 15) is 4.79 Å². The lowest BCUT2D eigenvalue weighted by molar-refractivity contribution is -0.124. The van der Waals surface area contributed by atoms with Gasteiger partial charge in [0.2, 0.25) is 11.9 Å². The first-order valence-electron chi connectivity index (χ1n) is 11.8. The Morgan fingerprint density at radius 2 is 2.06 bits per heavy atom. The van der Waals surface area contributed by atoms with Crippen LogP contribution in [0.15, 0.2) is 42.7 Å². The van der Waals surface area contributed by atoms with Gasteiger partial charge in [-0.25, -0.2) is 9.97 Å². The van der Waals surface area contributed by atoms with Crippen molar-refractivity contribution < 1.29 is 9.53 Å². The summed E-state index contributed by atoms with van der Waals surface area (Å²) in [4.78, 5) is 27.8. The maximum atomic E-state index is 14.2. The van der Waals surface area contributed by atoms with E-state index in [1.807, 2.05) is 41.4 Å². The number of carbonyl (C=O) groups is 1. The Bertz CT molecular complexity index is 1150. The number of aromatic nitrogens is 4. The summed E-state index contributed by atoms with van der Waals surface area (Å²) in [5.41, 5.74) is 3.02. The summed E-state index contributed by atoms with van der Waals surface area (Å²) in [7, 11) is 1.64. The molecule has 2 aliphatic rings. The molecule has 1 aromatic carbocycles. The first-order chi connectivity index (χ1) is 16.5. The molecule has 0 aliphatic carbocycles. The third-order valence-electron chi connectivity index (χ3n) is 6.65. The molecule has 0 radical (unpaired) electrons. The van der Waals surface area contributed by atoms with Gasteiger partial charge in [-0.2, -0.15) is 5.10 Å². The van der Waals surface area contributed by atoms with Crippen LogP contribution >= 0.6 is 0 Å². The van der Waals surface area contributed by atoms with Crippen LogP contribution in [0.5, 0.6) is 5.75 Å². The van der Waals surface area contributed by atoms with Gasteiger partial charge in [0, 0.05) is 55.5 Å². The number of likely N-dealkylation sites (tertiary alicyclic amines) is 1. The van der Waals surface area contributed by atoms with Crippen molar-refractivity contribution in [2.45, 2.75) is 38.8 Å². The number of fused-ring (bicyclic) bond motifs is 2. The number of rotatable bonds is 7. The third kappa shape index (κ3) is 4.11. The van der Waals surface area contributed by atoms with Gasteiger partial charge in [-0.3, -0.25) is 14.8 Å². The van der Waals surface area contributed by atoms with Crippen LogP contribution in [0, 0.1) is 5.92 Å². The Morgan fingerprint density at radius 3 is 2.76 bits per heavy atom. The predicted molar refractivity (Wildman–Crippen MR) is 130 cm³/mol. The number of nitrogens with one attached hydrogen (secondary N) is 2. The highest BCUT2D eigenvalue weighted by atomic mass is 16.5. The van der Waals surface area contributed by atoms with Gasteiger partial charge in [0.25, 0.3) is 0 Å². The molecule has 1 spiro atoms. The Hall–Kier alpha value is -3.46. The van der Waals surface area contributed by atoms with Crippen LogP contribution in [0.2, 0.25) is 0 Å². The molecule has 9 nitrogen and oxygen atoms in total. The average molecular weight is 462 g/mol. The number of amides is 1. The number of H-pyrrole nitrogens is 1. The molecule has 9 heteroatoms. The molecule has 0 bridgehead atoms. The lowest BCUT2D eigenvalue weighted by Crippen LogP contribution is -2.53. The van der Waals surface area contributed by atoms with Gasteiger partial charge >= 0.3 is 0 Å². The van der Waals surface area contributed by atoms with E-state index in [0.717, 1.165) is 48.0 Å². The maximum absolute atomic E-state index is 14.2. The van der Waals surface area contributed by atoms with Crippen molar-refractivity contribution in [2.75, 3.05) is 37.0 Å². The standard InChI is InChI=1S/C25H31N7O2/c1-17(2)12-26-24-27-13-18-14-32(20-4-6-21(34-3)7-5-20)23(33)25(22(18)29-24)9-11-31(16-25)15-19-8-10-28-30-19/h4-8,10,13,17H,9,11-12,14-16H2,1-3H3,(H,28,30)(H,26,27,29). The van der Waals surface area contributed by atoms with E-state index in [1.165, 1.54) is 0 Å². The molecule has 3 aromatic rings. The molecule has 2 aliphatic heterocycles. The summed E-state index contributed by atoms with van der Waals surface area (Å²) >= 11 is 0. The molecule has 4 heterocycles. The molecule has 2 N–H and O–H groups in total. The van der Waals surface area contributed by atoms with E-state index in [1.54, 1.807) is 13.3 Å². The van der Waals surface area contributed by atoms with E-state index >= 15 is 0 Å². The largest absolute Gasteiger partial charge is 0.497 e. The molecule has 2 aromatic heterocycles. The number of benzene rings is 1. The fraction of sp³-hybridized carbons (Fsp3) is 0.440. The Morgan fingerprint density at radius 1 is 1.24 bits per heavy atom. The van der Waals surface area contributed by atoms with Crippen molar-refractivity contribution in [2.24, 2.45) is 5.92 Å². The van der Waals surface area contributed by atoms with Crippen LogP contribution in [0.3, 0.4) is 0 Å². The van der Waals surface area contributed by atoms with Gasteiger partial charge in [0.15, 0.2) is 0 Å². The Labute approximate surface area is 199 Å². The first kappa shape index (κ1) is 22.3. The fourth-order valence-electron chi connectivity index (χ4n) is 4.90. The van der Waals surface area contributed by atoms with Crippen LogP contribution in [0.25, 0.3) is 0 Å². The lowest BCUT2D eigenvalue weighted by Gasteiger charge is -2.40. The number of hydrogen-bond acceptors (Lipinski definition) is 7. The Kier molecular flexibility index (Phi) is 5.95. The van der Waals surface area contributed by atoms with Crippen LogP contribution < -0.4 is 15.0 Å². The average Bonchev–Trinajstić information content (AvgIpc) is 3.52. The van der Waals surface area contributed by atoms with Crippen LogP contribution in [-0.2, 0) is 23.3 Å². The quantitative estimate of drug-likeness (QED) is 0.558. The summed E-state index contributed by atoms with van der Waals surface area (Å²) in [6, 6.07) is 9.62. The van der Waals surface area contributed by atoms with E-state index in [2.05, 4.69) is 39.2 Å². The smallest absolute Gasteiger partial charge is 0.240 e. The van der Waals surface area contributed by atoms with Gasteiger partial charge in [-0.15, -0.1) is 0 Å². The van der Waals surface area contributed by atoms with Crippen LogP contribution in [-0.4, -0.2) is 57.7 Å². The zero-order valence-corrected chi connectivity index (χ0v) is 19.9. The number of nitrogens with zero attached hydrogens (tertiary/aromatic N) is 5. The van der Waals surface area contributed by atoms with Gasteiger partial charge in [0.05, 0.1) is 19.3 Å². The minimum absolute atomic E-state index is 0.0887. The molecule has 178 valence electrons. The molecular weight excluding hydrogens is 430 g/mol. The molecule has 34 heavy (non-hydrogen) atoms. The Balaban J connectivity index is 1.51. The van der Waals surface area contributed by atoms with Gasteiger partial charge in [-0.1, -0.05) is 13.8 Å². The third-order valence-corrected chi connectivity index (χ3v) is 6.65. The van der Waals surface area contributed by atoms with E-state index in [-0.39, 0.29) is 5.91 Å². The molecule has 5 rings (SSSR count). The normalized spacial score (nSPS) is 20.2. The van der Waals surface area contributed by atoms with E-state index in [4.69, 9.17) is 9.72 Å². The zero-order valence-electron chi connectivity index (χ0n) is 19.9. The first-order valence-corrected chi connectivity index (χ1v) is 11.8. The van der Waals surface area contributed by atoms with Crippen molar-refractivity contribution >= 4 is 17.5 Å². The van der Waals surface area contributed by atoms with E-state index in [0.29, 0.717) is 31.4 Å². The van der Waals surface area contributed by atoms with Crippen molar-refractivity contribution in [3.63, 3.8) is 0 Å². The van der Waals surface area contributed by atoms with Gasteiger partial charge in [0.1, 0.15) is 11.2 Å². The highest BCUT2D eigenvalue weighted by Crippen LogP contribution is 2.43. The van der Waals surface area contributed by atoms with E-state index < -0.39 is 5.41 Å². The molecule has 1 fully saturated rings. The minimum atomic E-state index is -0.718. The number of ether oxygens (including phenoxy) is 1. The van der Waals surface area contributed by atoms with Crippen LogP contribution in [0.1, 0.15) is 37.2 Å². The highest BCUT2D eigenvalue weighted by Gasteiger charge is 2.53. The predicted octanol–water partition coefficient (Wildman–Crippen LogP) is 2.97. The van der Waals surface area contributed by atoms with Crippen molar-refractivity contribution in [1.82, 2.24) is 25.1 Å². The molecular formula is C25H31N7O2. The lowest BCUT2D eigenvalue weighted by atomic mass is 9.77. The number of aromatic amines is 1. The minimum Gasteiger partial charge on any atom is -0.497 e. The summed E-state index contributed by atoms with van der Waals surface area (Å²) in [5.74, 6) is 1.91. The number of hydrogen-bond donors (Lipinski definition) is 2. The number of carbonyl (C=O) groups excluding carboxylic acids is 1. The summed E-state index contributed by atoms with van der Waals surface area (Å²) < 4.78 is 5.30. The summed E-state index contributed by atoms with van der Waals surface area (Å²) in [6.07, 6.45) is 4.35. The van der Waals surface area contributed by atoms with Crippen molar-refractivity contribution in [1.29, 1.82) is 0 Å². The van der Waals surface area contributed by atoms with Crippen molar-refractivity contribution in [3.8, 4) is 5.75 Å². The molecule has 1 unspecified atom stereocenters. The second-order valence-corrected chi connectivity index (χ2v) is 9.56. The zero-order chi connectivity index (χ0) is 23.7. The fourth-order valence-corrected chi connectivity index (χ4v) is 4.90. The second kappa shape index (κ2) is 9.06. The van der Waals surface area contributed by atoms with Crippen LogP contribution in [0.4, 0.5) is 11.6 Å². The molecule has 1 atom stereocenters. The topological polar surface area (TPSA) is 99.3 Å². The second-order valence-electron chi connectivity index (χ2n) is 9.56. The molecule has 0 saturated carbocycles.